The molecule has 0 aromatic heterocycles. The van der Waals surface area contributed by atoms with Crippen LogP contribution in [0.25, 0.3) is 0 Å². The zero-order chi connectivity index (χ0) is 17.3. The summed E-state index contributed by atoms with van der Waals surface area (Å²) in [6, 6.07) is 15.2. The van der Waals surface area contributed by atoms with Crippen LogP contribution >= 0.6 is 11.6 Å². The van der Waals surface area contributed by atoms with Crippen molar-refractivity contribution in [2.24, 2.45) is 0 Å². The number of hydrogen-bond donors (Lipinski definition) is 1. The molecule has 2 aromatic carbocycles. The second-order valence-corrected chi connectivity index (χ2v) is 6.20. The molecule has 3 amide bonds. The highest BCUT2D eigenvalue weighted by Gasteiger charge is 2.48. The number of imide groups is 1. The largest absolute Gasteiger partial charge is 0.325 e. The summed E-state index contributed by atoms with van der Waals surface area (Å²) in [5, 5.41) is 12.3. The van der Waals surface area contributed by atoms with Crippen molar-refractivity contribution in [3.05, 3.63) is 70.2 Å². The zero-order valence-corrected chi connectivity index (χ0v) is 13.7. The first-order chi connectivity index (χ1) is 11.4. The molecule has 1 saturated heterocycles. The van der Waals surface area contributed by atoms with Crippen LogP contribution in [0.4, 0.5) is 4.79 Å². The maximum atomic E-state index is 12.8. The molecule has 0 aliphatic carbocycles. The highest BCUT2D eigenvalue weighted by molar-refractivity contribution is 6.30. The quantitative estimate of drug-likeness (QED) is 0.873. The number of urea groups is 1. The Kier molecular flexibility index (Phi) is 4.00. The molecule has 6 heteroatoms. The number of rotatable bonds is 3. The summed E-state index contributed by atoms with van der Waals surface area (Å²) in [6.07, 6.45) is 0. The van der Waals surface area contributed by atoms with Gasteiger partial charge in [-0.3, -0.25) is 9.69 Å². The van der Waals surface area contributed by atoms with Crippen LogP contribution in [0.15, 0.2) is 48.5 Å². The lowest BCUT2D eigenvalue weighted by Gasteiger charge is -2.22. The average molecular weight is 340 g/mol. The van der Waals surface area contributed by atoms with Gasteiger partial charge in [0.15, 0.2) is 0 Å². The molecule has 3 rings (SSSR count). The summed E-state index contributed by atoms with van der Waals surface area (Å²) in [5.41, 5.74) is 0.741. The second kappa shape index (κ2) is 5.99. The molecule has 0 saturated carbocycles. The molecule has 1 N–H and O–H groups in total. The van der Waals surface area contributed by atoms with Gasteiger partial charge >= 0.3 is 6.03 Å². The van der Waals surface area contributed by atoms with Crippen LogP contribution in [0.2, 0.25) is 5.02 Å². The molecule has 1 aliphatic rings. The van der Waals surface area contributed by atoms with Crippen molar-refractivity contribution in [3.8, 4) is 6.07 Å². The molecular weight excluding hydrogens is 326 g/mol. The van der Waals surface area contributed by atoms with Crippen molar-refractivity contribution in [1.82, 2.24) is 10.2 Å². The standard InChI is InChI=1S/C18H14ClN3O2/c1-18(14-5-7-15(19)8-6-14)16(23)22(17(24)21-18)11-13-4-2-3-12(9-13)10-20/h2-9H,11H2,1H3,(H,21,24). The Labute approximate surface area is 144 Å². The molecule has 0 radical (unpaired) electrons. The lowest BCUT2D eigenvalue weighted by molar-refractivity contribution is -0.131. The van der Waals surface area contributed by atoms with E-state index in [-0.39, 0.29) is 12.5 Å². The summed E-state index contributed by atoms with van der Waals surface area (Å²) < 4.78 is 0. The molecule has 0 bridgehead atoms. The predicted octanol–water partition coefficient (Wildman–Crippen LogP) is 3.18. The van der Waals surface area contributed by atoms with Crippen LogP contribution in [0.5, 0.6) is 0 Å². The fourth-order valence-corrected chi connectivity index (χ4v) is 2.87. The van der Waals surface area contributed by atoms with Gasteiger partial charge in [-0.25, -0.2) is 4.79 Å². The molecule has 2 aromatic rings. The fraction of sp³-hybridized carbons (Fsp3) is 0.167. The van der Waals surface area contributed by atoms with Crippen LogP contribution in [-0.2, 0) is 16.9 Å². The van der Waals surface area contributed by atoms with Crippen molar-refractivity contribution in [1.29, 1.82) is 5.26 Å². The normalized spacial score (nSPS) is 20.0. The van der Waals surface area contributed by atoms with Gasteiger partial charge in [-0.2, -0.15) is 5.26 Å². The van der Waals surface area contributed by atoms with Crippen molar-refractivity contribution >= 4 is 23.5 Å². The minimum absolute atomic E-state index is 0.114. The van der Waals surface area contributed by atoms with Crippen LogP contribution in [0.1, 0.15) is 23.6 Å². The van der Waals surface area contributed by atoms with E-state index in [2.05, 4.69) is 5.32 Å². The van der Waals surface area contributed by atoms with E-state index in [0.29, 0.717) is 16.1 Å². The number of nitriles is 1. The monoisotopic (exact) mass is 339 g/mol. The van der Waals surface area contributed by atoms with Gasteiger partial charge in [0.2, 0.25) is 0 Å². The second-order valence-electron chi connectivity index (χ2n) is 5.77. The Morgan fingerprint density at radius 2 is 1.92 bits per heavy atom. The third-order valence-electron chi connectivity index (χ3n) is 4.09. The summed E-state index contributed by atoms with van der Waals surface area (Å²) in [4.78, 5) is 26.3. The lowest BCUT2D eigenvalue weighted by atomic mass is 9.92. The number of carbonyl (C=O) groups excluding carboxylic acids is 2. The lowest BCUT2D eigenvalue weighted by Crippen LogP contribution is -2.40. The minimum atomic E-state index is -1.13. The highest BCUT2D eigenvalue weighted by atomic mass is 35.5. The average Bonchev–Trinajstić information content (AvgIpc) is 2.80. The van der Waals surface area contributed by atoms with Gasteiger partial charge in [-0.05, 0) is 42.3 Å². The SMILES string of the molecule is CC1(c2ccc(Cl)cc2)NC(=O)N(Cc2cccc(C#N)c2)C1=O. The number of amides is 3. The molecule has 1 unspecified atom stereocenters. The summed E-state index contributed by atoms with van der Waals surface area (Å²) >= 11 is 5.88. The Bertz CT molecular complexity index is 857. The third kappa shape index (κ3) is 2.72. The van der Waals surface area contributed by atoms with E-state index in [1.54, 1.807) is 55.5 Å². The number of halogens is 1. The van der Waals surface area contributed by atoms with E-state index in [9.17, 15) is 9.59 Å². The first-order valence-corrected chi connectivity index (χ1v) is 7.71. The van der Waals surface area contributed by atoms with E-state index in [1.165, 1.54) is 0 Å². The maximum absolute atomic E-state index is 12.8. The van der Waals surface area contributed by atoms with Gasteiger partial charge in [0, 0.05) is 5.02 Å². The molecule has 1 atom stereocenters. The summed E-state index contributed by atoms with van der Waals surface area (Å²) in [5.74, 6) is -0.336. The molecular formula is C18H14ClN3O2. The van der Waals surface area contributed by atoms with E-state index in [0.717, 1.165) is 10.5 Å². The first-order valence-electron chi connectivity index (χ1n) is 7.33. The first kappa shape index (κ1) is 16.0. The summed E-state index contributed by atoms with van der Waals surface area (Å²) in [6.45, 7) is 1.78. The number of nitrogens with zero attached hydrogens (tertiary/aromatic N) is 2. The fourth-order valence-electron chi connectivity index (χ4n) is 2.74. The van der Waals surface area contributed by atoms with E-state index in [4.69, 9.17) is 16.9 Å². The minimum Gasteiger partial charge on any atom is -0.319 e. The van der Waals surface area contributed by atoms with Crippen molar-refractivity contribution in [2.75, 3.05) is 0 Å². The molecule has 0 spiro atoms. The van der Waals surface area contributed by atoms with Gasteiger partial charge in [-0.15, -0.1) is 0 Å². The number of benzene rings is 2. The molecule has 24 heavy (non-hydrogen) atoms. The van der Waals surface area contributed by atoms with Gasteiger partial charge in [0.1, 0.15) is 5.54 Å². The van der Waals surface area contributed by atoms with Gasteiger partial charge in [-0.1, -0.05) is 35.9 Å². The zero-order valence-electron chi connectivity index (χ0n) is 12.9. The van der Waals surface area contributed by atoms with E-state index < -0.39 is 11.6 Å². The van der Waals surface area contributed by atoms with Crippen LogP contribution in [-0.4, -0.2) is 16.8 Å². The van der Waals surface area contributed by atoms with E-state index in [1.807, 2.05) is 6.07 Å². The number of carbonyl (C=O) groups is 2. The van der Waals surface area contributed by atoms with Crippen molar-refractivity contribution in [2.45, 2.75) is 19.0 Å². The Balaban J connectivity index is 1.88. The summed E-state index contributed by atoms with van der Waals surface area (Å²) in [7, 11) is 0. The highest BCUT2D eigenvalue weighted by Crippen LogP contribution is 2.30. The molecule has 5 nitrogen and oxygen atoms in total. The topological polar surface area (TPSA) is 73.2 Å². The molecule has 1 heterocycles. The van der Waals surface area contributed by atoms with Crippen molar-refractivity contribution < 1.29 is 9.59 Å². The number of hydrogen-bond acceptors (Lipinski definition) is 3. The van der Waals surface area contributed by atoms with E-state index >= 15 is 0 Å². The molecule has 120 valence electrons. The van der Waals surface area contributed by atoms with Gasteiger partial charge in [0.05, 0.1) is 18.2 Å². The predicted molar refractivity (Wildman–Crippen MR) is 89.0 cm³/mol. The van der Waals surface area contributed by atoms with Crippen molar-refractivity contribution in [3.63, 3.8) is 0 Å². The number of nitrogens with one attached hydrogen (secondary N) is 1. The smallest absolute Gasteiger partial charge is 0.319 e. The van der Waals surface area contributed by atoms with Gasteiger partial charge < -0.3 is 5.32 Å². The third-order valence-corrected chi connectivity index (χ3v) is 4.35. The Morgan fingerprint density at radius 3 is 2.58 bits per heavy atom. The van der Waals surface area contributed by atoms with Gasteiger partial charge in [0.25, 0.3) is 5.91 Å². The molecule has 1 fully saturated rings. The van der Waals surface area contributed by atoms with Crippen LogP contribution in [0, 0.1) is 11.3 Å². The molecule has 1 aliphatic heterocycles. The Hall–Kier alpha value is -2.84. The maximum Gasteiger partial charge on any atom is 0.325 e. The van der Waals surface area contributed by atoms with Crippen LogP contribution in [0.3, 0.4) is 0 Å². The van der Waals surface area contributed by atoms with Crippen LogP contribution < -0.4 is 5.32 Å². The Morgan fingerprint density at radius 1 is 1.21 bits per heavy atom.